The summed E-state index contributed by atoms with van der Waals surface area (Å²) >= 11 is 6.03. The van der Waals surface area contributed by atoms with Gasteiger partial charge in [0.05, 0.1) is 4.92 Å². The lowest BCUT2D eigenvalue weighted by Gasteiger charge is -2.11. The molecule has 7 heteroatoms. The molecule has 1 heterocycles. The highest BCUT2D eigenvalue weighted by atomic mass is 35.5. The molecule has 0 aliphatic heterocycles. The molecular weight excluding hydrogens is 318 g/mol. The van der Waals surface area contributed by atoms with Gasteiger partial charge in [-0.25, -0.2) is 4.98 Å². The van der Waals surface area contributed by atoms with E-state index in [1.54, 1.807) is 6.07 Å². The number of hydrogen-bond donors (Lipinski definition) is 2. The Labute approximate surface area is 136 Å². The number of benzene rings is 2. The largest absolute Gasteiger partial charge is 0.396 e. The van der Waals surface area contributed by atoms with Gasteiger partial charge in [-0.2, -0.15) is 0 Å². The average molecular weight is 332 g/mol. The number of non-ortho nitro benzene ring substituents is 1. The number of nitro groups is 1. The molecule has 2 aromatic carbocycles. The summed E-state index contributed by atoms with van der Waals surface area (Å²) in [5.41, 5.74) is 0.174. The van der Waals surface area contributed by atoms with Gasteiger partial charge in [-0.05, 0) is 17.9 Å². The maximum absolute atomic E-state index is 11.3. The minimum Gasteiger partial charge on any atom is -0.396 e. The molecule has 0 atom stereocenters. The Balaban J connectivity index is 2.32. The molecule has 118 valence electrons. The van der Waals surface area contributed by atoms with E-state index < -0.39 is 4.92 Å². The zero-order valence-electron chi connectivity index (χ0n) is 12.1. The lowest BCUT2D eigenvalue weighted by molar-refractivity contribution is -0.383. The molecule has 0 aliphatic carbocycles. The molecule has 1 aromatic heterocycles. The number of rotatable bonds is 5. The van der Waals surface area contributed by atoms with Crippen LogP contribution in [0.5, 0.6) is 0 Å². The Morgan fingerprint density at radius 2 is 1.96 bits per heavy atom. The number of nitrogens with one attached hydrogen (secondary N) is 1. The molecule has 0 spiro atoms. The monoisotopic (exact) mass is 331 g/mol. The molecule has 0 fully saturated rings. The second kappa shape index (κ2) is 6.36. The summed E-state index contributed by atoms with van der Waals surface area (Å²) in [7, 11) is 0. The van der Waals surface area contributed by atoms with Gasteiger partial charge in [0, 0.05) is 35.0 Å². The van der Waals surface area contributed by atoms with E-state index in [9.17, 15) is 10.1 Å². The van der Waals surface area contributed by atoms with Crippen LogP contribution in [-0.4, -0.2) is 28.2 Å². The fraction of sp³-hybridized carbons (Fsp3) is 0.188. The van der Waals surface area contributed by atoms with Gasteiger partial charge < -0.3 is 10.4 Å². The van der Waals surface area contributed by atoms with Crippen molar-refractivity contribution in [3.8, 4) is 0 Å². The second-order valence-corrected chi connectivity index (χ2v) is 5.52. The van der Waals surface area contributed by atoms with Gasteiger partial charge >= 0.3 is 0 Å². The van der Waals surface area contributed by atoms with E-state index in [-0.39, 0.29) is 12.3 Å². The number of aliphatic hydroxyl groups excluding tert-OH is 1. The van der Waals surface area contributed by atoms with Crippen molar-refractivity contribution in [3.05, 3.63) is 51.5 Å². The molecule has 0 saturated heterocycles. The lowest BCUT2D eigenvalue weighted by atomic mass is 10.0. The molecule has 23 heavy (non-hydrogen) atoms. The molecule has 0 aliphatic rings. The van der Waals surface area contributed by atoms with E-state index in [1.165, 1.54) is 6.07 Å². The van der Waals surface area contributed by atoms with Crippen LogP contribution in [-0.2, 0) is 0 Å². The molecule has 6 nitrogen and oxygen atoms in total. The summed E-state index contributed by atoms with van der Waals surface area (Å²) in [4.78, 5) is 15.3. The number of halogens is 1. The van der Waals surface area contributed by atoms with E-state index in [1.807, 2.05) is 24.3 Å². The number of aromatic nitrogens is 1. The lowest BCUT2D eigenvalue weighted by Crippen LogP contribution is -2.06. The molecule has 0 amide bonds. The van der Waals surface area contributed by atoms with Crippen LogP contribution in [0, 0.1) is 10.1 Å². The van der Waals surface area contributed by atoms with Gasteiger partial charge in [0.2, 0.25) is 0 Å². The summed E-state index contributed by atoms with van der Waals surface area (Å²) in [6.45, 7) is 0.592. The van der Waals surface area contributed by atoms with Gasteiger partial charge in [0.1, 0.15) is 5.82 Å². The standard InChI is InChI=1S/C16H14ClN3O3/c17-10-8-13-11-4-1-2-5-12(11)16(18-6-3-7-21)19-15(13)14(9-10)20(22)23/h1-2,4-5,8-9,21H,3,6-7H2,(H,18,19). The third kappa shape index (κ3) is 2.91. The first kappa shape index (κ1) is 15.5. The maximum Gasteiger partial charge on any atom is 0.297 e. The topological polar surface area (TPSA) is 88.3 Å². The zero-order valence-corrected chi connectivity index (χ0v) is 12.9. The summed E-state index contributed by atoms with van der Waals surface area (Å²) in [6, 6.07) is 10.5. The van der Waals surface area contributed by atoms with Crippen molar-refractivity contribution in [3.63, 3.8) is 0 Å². The first-order valence-electron chi connectivity index (χ1n) is 7.13. The van der Waals surface area contributed by atoms with Crippen molar-refractivity contribution in [2.24, 2.45) is 0 Å². The predicted molar refractivity (Wildman–Crippen MR) is 91.1 cm³/mol. The van der Waals surface area contributed by atoms with E-state index in [2.05, 4.69) is 10.3 Å². The van der Waals surface area contributed by atoms with Crippen LogP contribution in [0.4, 0.5) is 11.5 Å². The number of pyridine rings is 1. The van der Waals surface area contributed by atoms with Crippen molar-refractivity contribution >= 4 is 44.8 Å². The van der Waals surface area contributed by atoms with Gasteiger partial charge in [0.25, 0.3) is 5.69 Å². The third-order valence-electron chi connectivity index (χ3n) is 3.57. The fourth-order valence-electron chi connectivity index (χ4n) is 2.56. The minimum absolute atomic E-state index is 0.0638. The quantitative estimate of drug-likeness (QED) is 0.322. The normalized spacial score (nSPS) is 11.0. The van der Waals surface area contributed by atoms with Gasteiger partial charge in [0.15, 0.2) is 5.52 Å². The molecule has 0 unspecified atom stereocenters. The predicted octanol–water partition coefficient (Wildman–Crippen LogP) is 3.74. The van der Waals surface area contributed by atoms with E-state index in [0.717, 1.165) is 10.8 Å². The smallest absolute Gasteiger partial charge is 0.297 e. The van der Waals surface area contributed by atoms with Gasteiger partial charge in [-0.3, -0.25) is 10.1 Å². The van der Waals surface area contributed by atoms with Crippen molar-refractivity contribution < 1.29 is 10.0 Å². The fourth-order valence-corrected chi connectivity index (χ4v) is 2.78. The number of hydrogen-bond acceptors (Lipinski definition) is 5. The van der Waals surface area contributed by atoms with Gasteiger partial charge in [-0.15, -0.1) is 0 Å². The number of aliphatic hydroxyl groups is 1. The molecule has 3 rings (SSSR count). The number of nitro benzene ring substituents is 1. The maximum atomic E-state index is 11.3. The summed E-state index contributed by atoms with van der Waals surface area (Å²) in [5.74, 6) is 0.562. The zero-order chi connectivity index (χ0) is 16.4. The van der Waals surface area contributed by atoms with Crippen LogP contribution in [0.1, 0.15) is 6.42 Å². The molecular formula is C16H14ClN3O3. The summed E-state index contributed by atoms with van der Waals surface area (Å²) in [5, 5.41) is 26.0. The summed E-state index contributed by atoms with van der Waals surface area (Å²) < 4.78 is 0. The Bertz CT molecular complexity index is 899. The molecule has 0 radical (unpaired) electrons. The highest BCUT2D eigenvalue weighted by Crippen LogP contribution is 2.35. The van der Waals surface area contributed by atoms with Crippen LogP contribution in [0.15, 0.2) is 36.4 Å². The Kier molecular flexibility index (Phi) is 4.27. The number of nitrogens with zero attached hydrogens (tertiary/aromatic N) is 2. The highest BCUT2D eigenvalue weighted by Gasteiger charge is 2.18. The van der Waals surface area contributed by atoms with Gasteiger partial charge in [-0.1, -0.05) is 35.9 Å². The van der Waals surface area contributed by atoms with E-state index in [0.29, 0.717) is 34.7 Å². The van der Waals surface area contributed by atoms with E-state index >= 15 is 0 Å². The average Bonchev–Trinajstić information content (AvgIpc) is 2.55. The van der Waals surface area contributed by atoms with Crippen molar-refractivity contribution in [2.75, 3.05) is 18.5 Å². The van der Waals surface area contributed by atoms with Crippen LogP contribution in [0.3, 0.4) is 0 Å². The Hall–Kier alpha value is -2.44. The third-order valence-corrected chi connectivity index (χ3v) is 3.79. The highest BCUT2D eigenvalue weighted by molar-refractivity contribution is 6.32. The first-order chi connectivity index (χ1) is 11.1. The van der Waals surface area contributed by atoms with Crippen molar-refractivity contribution in [1.82, 2.24) is 4.98 Å². The van der Waals surface area contributed by atoms with Crippen LogP contribution >= 0.6 is 11.6 Å². The molecule has 0 saturated carbocycles. The Morgan fingerprint density at radius 3 is 2.65 bits per heavy atom. The van der Waals surface area contributed by atoms with Crippen molar-refractivity contribution in [1.29, 1.82) is 0 Å². The Morgan fingerprint density at radius 1 is 1.22 bits per heavy atom. The summed E-state index contributed by atoms with van der Waals surface area (Å²) in [6.07, 6.45) is 0.566. The van der Waals surface area contributed by atoms with Crippen LogP contribution in [0.25, 0.3) is 21.7 Å². The SMILES string of the molecule is O=[N+]([O-])c1cc(Cl)cc2c1nc(NCCCO)c1ccccc12. The van der Waals surface area contributed by atoms with E-state index in [4.69, 9.17) is 16.7 Å². The number of anilines is 1. The second-order valence-electron chi connectivity index (χ2n) is 5.09. The first-order valence-corrected chi connectivity index (χ1v) is 7.50. The molecule has 0 bridgehead atoms. The van der Waals surface area contributed by atoms with Crippen molar-refractivity contribution in [2.45, 2.75) is 6.42 Å². The van der Waals surface area contributed by atoms with Crippen LogP contribution in [0.2, 0.25) is 5.02 Å². The molecule has 2 N–H and O–H groups in total. The number of fused-ring (bicyclic) bond motifs is 3. The molecule has 3 aromatic rings. The minimum atomic E-state index is -0.479. The van der Waals surface area contributed by atoms with Crippen LogP contribution < -0.4 is 5.32 Å².